The van der Waals surface area contributed by atoms with Crippen molar-refractivity contribution in [3.05, 3.63) is 57.0 Å². The second-order valence-corrected chi connectivity index (χ2v) is 5.47. The predicted octanol–water partition coefficient (Wildman–Crippen LogP) is 4.20. The van der Waals surface area contributed by atoms with E-state index in [1.807, 2.05) is 6.07 Å². The van der Waals surface area contributed by atoms with Crippen LogP contribution in [0.3, 0.4) is 0 Å². The molecule has 3 nitrogen and oxygen atoms in total. The van der Waals surface area contributed by atoms with Crippen LogP contribution in [0.25, 0.3) is 0 Å². The van der Waals surface area contributed by atoms with Crippen LogP contribution in [0.1, 0.15) is 17.2 Å². The highest BCUT2D eigenvalue weighted by molar-refractivity contribution is 9.10. The van der Waals surface area contributed by atoms with Gasteiger partial charge < -0.3 is 14.6 Å². The fraction of sp³-hybridized carbons (Fsp3) is 0.200. The van der Waals surface area contributed by atoms with Crippen molar-refractivity contribution in [2.45, 2.75) is 6.10 Å². The van der Waals surface area contributed by atoms with Crippen molar-refractivity contribution < 1.29 is 14.6 Å². The van der Waals surface area contributed by atoms with Gasteiger partial charge in [0.25, 0.3) is 0 Å². The van der Waals surface area contributed by atoms with Crippen molar-refractivity contribution in [1.29, 1.82) is 0 Å². The van der Waals surface area contributed by atoms with E-state index < -0.39 is 6.10 Å². The number of aliphatic hydroxyl groups excluding tert-OH is 1. The summed E-state index contributed by atoms with van der Waals surface area (Å²) in [7, 11) is 3.10. The molecule has 0 aromatic heterocycles. The number of aliphatic hydroxyl groups is 1. The molecule has 2 rings (SSSR count). The first-order chi connectivity index (χ1) is 9.58. The van der Waals surface area contributed by atoms with Crippen molar-refractivity contribution in [2.24, 2.45) is 0 Å². The van der Waals surface area contributed by atoms with Crippen LogP contribution >= 0.6 is 27.5 Å². The SMILES string of the molecule is COc1cccc(OC)c1C(O)c1cc(Br)ccc1Cl. The maximum atomic E-state index is 10.7. The summed E-state index contributed by atoms with van der Waals surface area (Å²) in [6.45, 7) is 0. The highest BCUT2D eigenvalue weighted by Crippen LogP contribution is 2.39. The topological polar surface area (TPSA) is 38.7 Å². The van der Waals surface area contributed by atoms with Gasteiger partial charge in [0.1, 0.15) is 17.6 Å². The Morgan fingerprint density at radius 3 is 2.25 bits per heavy atom. The summed E-state index contributed by atoms with van der Waals surface area (Å²) in [6.07, 6.45) is -0.939. The Bertz CT molecular complexity index is 594. The van der Waals surface area contributed by atoms with Crippen LogP contribution in [-0.2, 0) is 0 Å². The zero-order valence-electron chi connectivity index (χ0n) is 11.1. The first-order valence-corrected chi connectivity index (χ1v) is 7.09. The maximum Gasteiger partial charge on any atom is 0.128 e. The minimum Gasteiger partial charge on any atom is -0.496 e. The molecule has 0 spiro atoms. The van der Waals surface area contributed by atoms with E-state index in [0.717, 1.165) is 4.47 Å². The molecule has 0 saturated heterocycles. The van der Waals surface area contributed by atoms with Crippen LogP contribution in [-0.4, -0.2) is 19.3 Å². The molecule has 0 aliphatic heterocycles. The lowest BCUT2D eigenvalue weighted by Gasteiger charge is -2.19. The Morgan fingerprint density at radius 2 is 1.70 bits per heavy atom. The summed E-state index contributed by atoms with van der Waals surface area (Å²) in [4.78, 5) is 0. The number of hydrogen-bond donors (Lipinski definition) is 1. The molecule has 0 fully saturated rings. The van der Waals surface area contributed by atoms with Crippen LogP contribution in [0.5, 0.6) is 11.5 Å². The monoisotopic (exact) mass is 356 g/mol. The Kier molecular flexibility index (Phi) is 4.91. The summed E-state index contributed by atoms with van der Waals surface area (Å²) in [5, 5.41) is 11.1. The molecule has 0 aliphatic carbocycles. The standard InChI is InChI=1S/C15H14BrClO3/c1-19-12-4-3-5-13(20-2)14(12)15(18)10-8-9(16)6-7-11(10)17/h3-8,15,18H,1-2H3. The van der Waals surface area contributed by atoms with Gasteiger partial charge in [0.2, 0.25) is 0 Å². The summed E-state index contributed by atoms with van der Waals surface area (Å²) >= 11 is 9.55. The smallest absolute Gasteiger partial charge is 0.128 e. The van der Waals surface area contributed by atoms with Gasteiger partial charge >= 0.3 is 0 Å². The molecule has 0 radical (unpaired) electrons. The van der Waals surface area contributed by atoms with Crippen molar-refractivity contribution in [3.63, 3.8) is 0 Å². The van der Waals surface area contributed by atoms with E-state index in [-0.39, 0.29) is 0 Å². The zero-order chi connectivity index (χ0) is 14.7. The largest absolute Gasteiger partial charge is 0.496 e. The molecule has 1 N–H and O–H groups in total. The maximum absolute atomic E-state index is 10.7. The highest BCUT2D eigenvalue weighted by atomic mass is 79.9. The van der Waals surface area contributed by atoms with Crippen molar-refractivity contribution >= 4 is 27.5 Å². The fourth-order valence-corrected chi connectivity index (χ4v) is 2.63. The Labute approximate surface area is 131 Å². The Morgan fingerprint density at radius 1 is 1.10 bits per heavy atom. The van der Waals surface area contributed by atoms with Crippen LogP contribution in [0, 0.1) is 0 Å². The summed E-state index contributed by atoms with van der Waals surface area (Å²) in [5.74, 6) is 1.10. The zero-order valence-corrected chi connectivity index (χ0v) is 13.4. The van der Waals surface area contributed by atoms with Gasteiger partial charge in [-0.05, 0) is 30.3 Å². The molecular weight excluding hydrogens is 344 g/mol. The third-order valence-electron chi connectivity index (χ3n) is 2.99. The lowest BCUT2D eigenvalue weighted by atomic mass is 9.99. The molecule has 1 atom stereocenters. The van der Waals surface area contributed by atoms with Gasteiger partial charge in [0.15, 0.2) is 0 Å². The van der Waals surface area contributed by atoms with E-state index in [1.165, 1.54) is 0 Å². The van der Waals surface area contributed by atoms with Crippen LogP contribution in [0.15, 0.2) is 40.9 Å². The predicted molar refractivity (Wildman–Crippen MR) is 82.8 cm³/mol. The minimum absolute atomic E-state index is 0.480. The third kappa shape index (κ3) is 2.92. The van der Waals surface area contributed by atoms with Crippen molar-refractivity contribution in [3.8, 4) is 11.5 Å². The van der Waals surface area contributed by atoms with Crippen LogP contribution in [0.2, 0.25) is 5.02 Å². The van der Waals surface area contributed by atoms with Gasteiger partial charge in [-0.15, -0.1) is 0 Å². The van der Waals surface area contributed by atoms with Gasteiger partial charge in [0.05, 0.1) is 19.8 Å². The number of methoxy groups -OCH3 is 2. The lowest BCUT2D eigenvalue weighted by Crippen LogP contribution is -2.05. The van der Waals surface area contributed by atoms with Gasteiger partial charge in [-0.25, -0.2) is 0 Å². The normalized spacial score (nSPS) is 12.1. The average molecular weight is 358 g/mol. The van der Waals surface area contributed by atoms with Crippen molar-refractivity contribution in [1.82, 2.24) is 0 Å². The van der Waals surface area contributed by atoms with Gasteiger partial charge in [-0.1, -0.05) is 33.6 Å². The van der Waals surface area contributed by atoms with Crippen LogP contribution in [0.4, 0.5) is 0 Å². The quantitative estimate of drug-likeness (QED) is 0.891. The second kappa shape index (κ2) is 6.48. The Hall–Kier alpha value is -1.23. The molecule has 20 heavy (non-hydrogen) atoms. The molecule has 2 aromatic rings. The fourth-order valence-electron chi connectivity index (χ4n) is 2.03. The summed E-state index contributed by atoms with van der Waals surface area (Å²) < 4.78 is 11.4. The minimum atomic E-state index is -0.939. The van der Waals surface area contributed by atoms with Gasteiger partial charge in [-0.3, -0.25) is 0 Å². The molecule has 106 valence electrons. The molecule has 1 unspecified atom stereocenters. The van der Waals surface area contributed by atoms with E-state index in [0.29, 0.717) is 27.6 Å². The Balaban J connectivity index is 2.58. The van der Waals surface area contributed by atoms with Gasteiger partial charge in [0, 0.05) is 15.1 Å². The van der Waals surface area contributed by atoms with E-state index in [4.69, 9.17) is 21.1 Å². The van der Waals surface area contributed by atoms with E-state index in [1.54, 1.807) is 44.6 Å². The van der Waals surface area contributed by atoms with Gasteiger partial charge in [-0.2, -0.15) is 0 Å². The number of ether oxygens (including phenoxy) is 2. The molecule has 0 heterocycles. The lowest BCUT2D eigenvalue weighted by molar-refractivity contribution is 0.209. The summed E-state index contributed by atoms with van der Waals surface area (Å²) in [5.41, 5.74) is 1.14. The van der Waals surface area contributed by atoms with E-state index >= 15 is 0 Å². The molecule has 2 aromatic carbocycles. The van der Waals surface area contributed by atoms with E-state index in [9.17, 15) is 5.11 Å². The van der Waals surface area contributed by atoms with Crippen molar-refractivity contribution in [2.75, 3.05) is 14.2 Å². The summed E-state index contributed by atoms with van der Waals surface area (Å²) in [6, 6.07) is 10.7. The average Bonchev–Trinajstić information content (AvgIpc) is 2.48. The molecule has 5 heteroatoms. The first-order valence-electron chi connectivity index (χ1n) is 5.92. The molecular formula is C15H14BrClO3. The number of halogens is 2. The van der Waals surface area contributed by atoms with Crippen LogP contribution < -0.4 is 9.47 Å². The molecule has 0 bridgehead atoms. The number of hydrogen-bond acceptors (Lipinski definition) is 3. The highest BCUT2D eigenvalue weighted by Gasteiger charge is 2.22. The molecule has 0 amide bonds. The first kappa shape index (κ1) is 15.2. The molecule has 0 aliphatic rings. The second-order valence-electron chi connectivity index (χ2n) is 4.14. The number of rotatable bonds is 4. The molecule has 0 saturated carbocycles. The third-order valence-corrected chi connectivity index (χ3v) is 3.83. The number of benzene rings is 2. The van der Waals surface area contributed by atoms with E-state index in [2.05, 4.69) is 15.9 Å².